The van der Waals surface area contributed by atoms with E-state index in [0.717, 1.165) is 55.8 Å². The topological polar surface area (TPSA) is 119 Å². The van der Waals surface area contributed by atoms with Crippen molar-refractivity contribution in [1.82, 2.24) is 24.0 Å². The summed E-state index contributed by atoms with van der Waals surface area (Å²) in [6.45, 7) is 7.68. The Bertz CT molecular complexity index is 1810. The molecule has 2 aliphatic rings. The van der Waals surface area contributed by atoms with Crippen molar-refractivity contribution in [2.45, 2.75) is 30.7 Å². The van der Waals surface area contributed by atoms with Crippen LogP contribution >= 0.6 is 0 Å². The van der Waals surface area contributed by atoms with Crippen LogP contribution in [0.3, 0.4) is 0 Å². The van der Waals surface area contributed by atoms with Crippen LogP contribution in [0.25, 0.3) is 0 Å². The minimum atomic E-state index is -1.88. The molecule has 1 unspecified atom stereocenters. The van der Waals surface area contributed by atoms with Crippen LogP contribution in [0.15, 0.2) is 59.6 Å². The number of carbonyl (C=O) groups excluding carboxylic acids is 2. The third-order valence-corrected chi connectivity index (χ3v) is 9.86. The Morgan fingerprint density at radius 2 is 1.67 bits per heavy atom. The Hall–Kier alpha value is -4.40. The van der Waals surface area contributed by atoms with Gasteiger partial charge >= 0.3 is 0 Å². The molecule has 2 aromatic heterocycles. The fourth-order valence-corrected chi connectivity index (χ4v) is 7.39. The second-order valence-electron chi connectivity index (χ2n) is 12.4. The third kappa shape index (κ3) is 6.32. The summed E-state index contributed by atoms with van der Waals surface area (Å²) in [6, 6.07) is 11.7. The fourth-order valence-electron chi connectivity index (χ4n) is 5.98. The zero-order valence-corrected chi connectivity index (χ0v) is 26.9. The lowest BCUT2D eigenvalue weighted by molar-refractivity contribution is 0.101. The first kappa shape index (κ1) is 31.6. The summed E-state index contributed by atoms with van der Waals surface area (Å²) < 4.78 is 44.6. The molecule has 1 fully saturated rings. The van der Waals surface area contributed by atoms with Gasteiger partial charge in [-0.05, 0) is 49.5 Å². The van der Waals surface area contributed by atoms with E-state index in [1.807, 2.05) is 26.0 Å². The van der Waals surface area contributed by atoms with Gasteiger partial charge in [0.2, 0.25) is 0 Å². The number of benzene rings is 2. The molecule has 1 saturated heterocycles. The van der Waals surface area contributed by atoms with Crippen molar-refractivity contribution >= 4 is 40.0 Å². The first-order chi connectivity index (χ1) is 21.9. The number of aromatic amines is 1. The standard InChI is InChI=1S/C32H36F2N8O3S/c1-32(2)19-42(46(45)23-15-20(33)14-21(34)16-23)18-25-28(32)37-38-29(25)36-30(43)24-8-7-22(41-12-10-39(3)11-13-41)17-26(24)35-31(44)27-6-5-9-40(27)4/h5-9,14-17H,10-13,18-19H2,1-4H3,(H,35,44)(H2,36,37,38,43). The van der Waals surface area contributed by atoms with Gasteiger partial charge in [0.15, 0.2) is 5.82 Å². The van der Waals surface area contributed by atoms with Crippen molar-refractivity contribution in [3.05, 3.63) is 88.9 Å². The number of aryl methyl sites for hydroxylation is 1. The second-order valence-corrected chi connectivity index (χ2v) is 13.9. The lowest BCUT2D eigenvalue weighted by Crippen LogP contribution is -2.44. The van der Waals surface area contributed by atoms with Gasteiger partial charge in [-0.3, -0.25) is 14.7 Å². The Morgan fingerprint density at radius 1 is 0.957 bits per heavy atom. The SMILES string of the molecule is CN1CCN(c2ccc(C(=O)Nc3n[nH]c4c3CN(S(=O)c3cc(F)cc(F)c3)CC4(C)C)c(NC(=O)c3cccn3C)c2)CC1. The number of H-pyrrole nitrogens is 1. The van der Waals surface area contributed by atoms with Gasteiger partial charge in [-0.25, -0.2) is 17.3 Å². The average Bonchev–Trinajstić information content (AvgIpc) is 3.62. The summed E-state index contributed by atoms with van der Waals surface area (Å²) >= 11 is 0. The van der Waals surface area contributed by atoms with E-state index in [9.17, 15) is 22.6 Å². The number of halogens is 2. The third-order valence-electron chi connectivity index (χ3n) is 8.49. The van der Waals surface area contributed by atoms with Crippen molar-refractivity contribution in [3.63, 3.8) is 0 Å². The first-order valence-corrected chi connectivity index (χ1v) is 16.0. The molecule has 2 aliphatic heterocycles. The van der Waals surface area contributed by atoms with Gasteiger partial charge in [0.05, 0.1) is 16.1 Å². The minimum Gasteiger partial charge on any atom is -0.369 e. The Morgan fingerprint density at radius 3 is 2.35 bits per heavy atom. The summed E-state index contributed by atoms with van der Waals surface area (Å²) in [4.78, 5) is 31.6. The van der Waals surface area contributed by atoms with Crippen molar-refractivity contribution in [3.8, 4) is 0 Å². The summed E-state index contributed by atoms with van der Waals surface area (Å²) in [5.74, 6) is -2.24. The molecule has 0 aliphatic carbocycles. The van der Waals surface area contributed by atoms with Crippen LogP contribution in [0, 0.1) is 11.6 Å². The van der Waals surface area contributed by atoms with Crippen molar-refractivity contribution in [2.75, 3.05) is 55.3 Å². The molecule has 2 aromatic carbocycles. The van der Waals surface area contributed by atoms with E-state index in [-0.39, 0.29) is 28.7 Å². The molecular formula is C32H36F2N8O3S. The van der Waals surface area contributed by atoms with E-state index >= 15 is 0 Å². The van der Waals surface area contributed by atoms with Gasteiger partial charge < -0.3 is 25.0 Å². The number of nitrogens with zero attached hydrogens (tertiary/aromatic N) is 5. The summed E-state index contributed by atoms with van der Waals surface area (Å²) in [5.41, 5.74) is 2.69. The lowest BCUT2D eigenvalue weighted by Gasteiger charge is -2.36. The molecule has 3 N–H and O–H groups in total. The van der Waals surface area contributed by atoms with Gasteiger partial charge in [-0.15, -0.1) is 0 Å². The maximum absolute atomic E-state index is 13.9. The van der Waals surface area contributed by atoms with E-state index in [1.165, 1.54) is 0 Å². The van der Waals surface area contributed by atoms with E-state index in [4.69, 9.17) is 0 Å². The Labute approximate surface area is 268 Å². The fraction of sp³-hybridized carbons (Fsp3) is 0.344. The number of aromatic nitrogens is 3. The van der Waals surface area contributed by atoms with E-state index in [1.54, 1.807) is 40.3 Å². The lowest BCUT2D eigenvalue weighted by atomic mass is 9.84. The number of hydrogen-bond donors (Lipinski definition) is 3. The molecule has 0 bridgehead atoms. The molecule has 0 spiro atoms. The molecule has 14 heteroatoms. The number of anilines is 3. The Balaban J connectivity index is 1.29. The molecule has 4 aromatic rings. The quantitative estimate of drug-likeness (QED) is 0.277. The van der Waals surface area contributed by atoms with Crippen LogP contribution in [-0.4, -0.2) is 79.8 Å². The molecule has 2 amide bonds. The maximum atomic E-state index is 13.9. The zero-order chi connectivity index (χ0) is 32.7. The number of rotatable bonds is 7. The van der Waals surface area contributed by atoms with Crippen LogP contribution in [0.2, 0.25) is 0 Å². The highest BCUT2D eigenvalue weighted by atomic mass is 32.2. The number of carbonyl (C=O) groups is 2. The van der Waals surface area contributed by atoms with Gasteiger partial charge in [-0.1, -0.05) is 13.8 Å². The maximum Gasteiger partial charge on any atom is 0.272 e. The molecule has 0 radical (unpaired) electrons. The molecule has 0 saturated carbocycles. The molecular weight excluding hydrogens is 614 g/mol. The number of fused-ring (bicyclic) bond motifs is 1. The zero-order valence-electron chi connectivity index (χ0n) is 26.1. The average molecular weight is 651 g/mol. The number of likely N-dealkylation sites (N-methyl/N-ethyl adjacent to an activating group) is 1. The van der Waals surface area contributed by atoms with Gasteiger partial charge in [-0.2, -0.15) is 5.10 Å². The highest BCUT2D eigenvalue weighted by molar-refractivity contribution is 7.82. The number of hydrogen-bond acceptors (Lipinski definition) is 6. The summed E-state index contributed by atoms with van der Waals surface area (Å²) in [7, 11) is 1.96. The van der Waals surface area contributed by atoms with Crippen LogP contribution in [0.4, 0.5) is 26.0 Å². The minimum absolute atomic E-state index is 0.00452. The van der Waals surface area contributed by atoms with Crippen LogP contribution < -0.4 is 15.5 Å². The van der Waals surface area contributed by atoms with E-state index < -0.39 is 33.9 Å². The van der Waals surface area contributed by atoms with Crippen LogP contribution in [0.5, 0.6) is 0 Å². The Kier molecular flexibility index (Phi) is 8.53. The van der Waals surface area contributed by atoms with Gasteiger partial charge in [0.1, 0.15) is 28.3 Å². The van der Waals surface area contributed by atoms with Crippen molar-refractivity contribution in [1.29, 1.82) is 0 Å². The van der Waals surface area contributed by atoms with Crippen LogP contribution in [-0.2, 0) is 30.0 Å². The van der Waals surface area contributed by atoms with Crippen molar-refractivity contribution < 1.29 is 22.6 Å². The molecule has 11 nitrogen and oxygen atoms in total. The largest absolute Gasteiger partial charge is 0.369 e. The number of nitrogens with one attached hydrogen (secondary N) is 3. The molecule has 1 atom stereocenters. The predicted molar refractivity (Wildman–Crippen MR) is 172 cm³/mol. The second kappa shape index (κ2) is 12.4. The number of piperazine rings is 1. The van der Waals surface area contributed by atoms with Gasteiger partial charge in [0, 0.05) is 80.9 Å². The predicted octanol–water partition coefficient (Wildman–Crippen LogP) is 4.10. The van der Waals surface area contributed by atoms with Gasteiger partial charge in [0.25, 0.3) is 11.8 Å². The molecule has 6 rings (SSSR count). The highest BCUT2D eigenvalue weighted by Gasteiger charge is 2.38. The smallest absolute Gasteiger partial charge is 0.272 e. The van der Waals surface area contributed by atoms with E-state index in [0.29, 0.717) is 23.5 Å². The normalized spacial score (nSPS) is 17.4. The molecule has 242 valence electrons. The first-order valence-electron chi connectivity index (χ1n) is 14.9. The van der Waals surface area contributed by atoms with Crippen molar-refractivity contribution in [2.24, 2.45) is 7.05 Å². The summed E-state index contributed by atoms with van der Waals surface area (Å²) in [5, 5.41) is 13.2. The molecule has 46 heavy (non-hydrogen) atoms. The van der Waals surface area contributed by atoms with E-state index in [2.05, 4.69) is 37.7 Å². The highest BCUT2D eigenvalue weighted by Crippen LogP contribution is 2.37. The monoisotopic (exact) mass is 650 g/mol. The number of amides is 2. The summed E-state index contributed by atoms with van der Waals surface area (Å²) in [6.07, 6.45) is 1.77. The molecule has 4 heterocycles. The van der Waals surface area contributed by atoms with Crippen LogP contribution in [0.1, 0.15) is 46.0 Å².